The smallest absolute Gasteiger partial charge is 0.261 e. The van der Waals surface area contributed by atoms with Crippen LogP contribution in [-0.2, 0) is 10.1 Å². The van der Waals surface area contributed by atoms with E-state index in [2.05, 4.69) is 0 Å². The first-order chi connectivity index (χ1) is 6.00. The number of hydrogen-bond acceptors (Lipinski definition) is 2. The lowest BCUT2D eigenvalue weighted by Crippen LogP contribution is -1.88. The van der Waals surface area contributed by atoms with E-state index in [0.29, 0.717) is 6.26 Å². The molecule has 1 aromatic rings. The van der Waals surface area contributed by atoms with Crippen LogP contribution < -0.4 is 0 Å². The van der Waals surface area contributed by atoms with E-state index in [9.17, 15) is 8.42 Å². The first-order valence-electron chi connectivity index (χ1n) is 3.92. The van der Waals surface area contributed by atoms with Crippen molar-refractivity contribution in [1.82, 2.24) is 0 Å². The molecule has 0 aliphatic carbocycles. The quantitative estimate of drug-likeness (QED) is 0.659. The Morgan fingerprint density at radius 1 is 0.846 bits per heavy atom. The van der Waals surface area contributed by atoms with E-state index in [1.807, 2.05) is 50.2 Å². The zero-order valence-electron chi connectivity index (χ0n) is 8.14. The van der Waals surface area contributed by atoms with Gasteiger partial charge >= 0.3 is 0 Å². The van der Waals surface area contributed by atoms with Gasteiger partial charge < -0.3 is 0 Å². The summed E-state index contributed by atoms with van der Waals surface area (Å²) in [6.45, 7) is 4.00. The van der Waals surface area contributed by atoms with Crippen LogP contribution in [0, 0.1) is 0 Å². The average molecular weight is 204 g/mol. The van der Waals surface area contributed by atoms with Crippen LogP contribution >= 0.6 is 0 Å². The minimum absolute atomic E-state index is 0.715. The van der Waals surface area contributed by atoms with Gasteiger partial charge in [-0.25, -0.2) is 0 Å². The van der Waals surface area contributed by atoms with Crippen molar-refractivity contribution in [3.63, 3.8) is 0 Å². The Morgan fingerprint density at radius 2 is 0.923 bits per heavy atom. The highest BCUT2D eigenvalue weighted by atomic mass is 32.2. The zero-order chi connectivity index (χ0) is 10.7. The van der Waals surface area contributed by atoms with Crippen molar-refractivity contribution >= 4 is 10.1 Å². The molecule has 4 heteroatoms. The fourth-order valence-corrected chi connectivity index (χ4v) is 0.385. The normalized spacial score (nSPS) is 8.62. The lowest BCUT2D eigenvalue weighted by atomic mass is 10.4. The van der Waals surface area contributed by atoms with Crippen molar-refractivity contribution in [3.05, 3.63) is 36.4 Å². The van der Waals surface area contributed by atoms with Crippen molar-refractivity contribution < 1.29 is 13.0 Å². The first-order valence-corrected chi connectivity index (χ1v) is 5.77. The summed E-state index contributed by atoms with van der Waals surface area (Å²) in [5.74, 6) is 0. The van der Waals surface area contributed by atoms with E-state index in [4.69, 9.17) is 4.55 Å². The van der Waals surface area contributed by atoms with Crippen LogP contribution in [-0.4, -0.2) is 19.2 Å². The standard InChI is InChI=1S/C6H6.C2H6.CH4O3S/c1-2-4-6-5-3-1;1-2;1-5(2,3)4/h1-6H;1-2H3;1H3,(H,2,3,4). The molecule has 1 N–H and O–H groups in total. The molecule has 0 atom stereocenters. The van der Waals surface area contributed by atoms with Crippen LogP contribution in [0.25, 0.3) is 0 Å². The second-order valence-corrected chi connectivity index (χ2v) is 3.35. The zero-order valence-corrected chi connectivity index (χ0v) is 8.95. The maximum atomic E-state index is 9.19. The van der Waals surface area contributed by atoms with Gasteiger partial charge in [0.1, 0.15) is 0 Å². The summed E-state index contributed by atoms with van der Waals surface area (Å²) in [6.07, 6.45) is 0.715. The Balaban J connectivity index is 0. The molecule has 0 spiro atoms. The van der Waals surface area contributed by atoms with Crippen LogP contribution in [0.4, 0.5) is 0 Å². The van der Waals surface area contributed by atoms with Gasteiger partial charge in [0.25, 0.3) is 10.1 Å². The topological polar surface area (TPSA) is 54.4 Å². The first kappa shape index (κ1) is 14.6. The minimum atomic E-state index is -3.67. The van der Waals surface area contributed by atoms with E-state index < -0.39 is 10.1 Å². The fraction of sp³-hybridized carbons (Fsp3) is 0.333. The largest absolute Gasteiger partial charge is 0.286 e. The van der Waals surface area contributed by atoms with Crippen LogP contribution in [0.15, 0.2) is 36.4 Å². The maximum absolute atomic E-state index is 9.19. The molecule has 1 aromatic carbocycles. The van der Waals surface area contributed by atoms with E-state index >= 15 is 0 Å². The van der Waals surface area contributed by atoms with E-state index in [0.717, 1.165) is 0 Å². The number of rotatable bonds is 0. The molecule has 13 heavy (non-hydrogen) atoms. The van der Waals surface area contributed by atoms with Crippen molar-refractivity contribution in [3.8, 4) is 0 Å². The molecular weight excluding hydrogens is 188 g/mol. The van der Waals surface area contributed by atoms with Crippen molar-refractivity contribution in [2.75, 3.05) is 6.26 Å². The SMILES string of the molecule is CC.CS(=O)(=O)O.c1ccccc1. The van der Waals surface area contributed by atoms with Crippen molar-refractivity contribution in [1.29, 1.82) is 0 Å². The third-order valence-corrected chi connectivity index (χ3v) is 0.667. The molecule has 0 saturated heterocycles. The molecule has 3 nitrogen and oxygen atoms in total. The summed E-state index contributed by atoms with van der Waals surface area (Å²) in [5, 5.41) is 0. The Bertz CT molecular complexity index is 231. The highest BCUT2D eigenvalue weighted by Gasteiger charge is 1.81. The van der Waals surface area contributed by atoms with Gasteiger partial charge in [-0.05, 0) is 0 Å². The summed E-state index contributed by atoms with van der Waals surface area (Å²) < 4.78 is 25.9. The van der Waals surface area contributed by atoms with Gasteiger partial charge in [-0.3, -0.25) is 4.55 Å². The molecule has 0 fully saturated rings. The lowest BCUT2D eigenvalue weighted by molar-refractivity contribution is 0.490. The Morgan fingerprint density at radius 3 is 1.00 bits per heavy atom. The predicted octanol–water partition coefficient (Wildman–Crippen LogP) is 2.22. The second kappa shape index (κ2) is 9.22. The third-order valence-electron chi connectivity index (χ3n) is 0.667. The monoisotopic (exact) mass is 204 g/mol. The Labute approximate surface area is 80.2 Å². The molecule has 0 aliphatic heterocycles. The lowest BCUT2D eigenvalue weighted by Gasteiger charge is -1.69. The van der Waals surface area contributed by atoms with Gasteiger partial charge in [0.2, 0.25) is 0 Å². The fourth-order valence-electron chi connectivity index (χ4n) is 0.385. The second-order valence-electron chi connectivity index (χ2n) is 1.89. The molecule has 0 aliphatic rings. The van der Waals surface area contributed by atoms with E-state index in [-0.39, 0.29) is 0 Å². The van der Waals surface area contributed by atoms with Gasteiger partial charge in [-0.1, -0.05) is 50.2 Å². The molecule has 76 valence electrons. The van der Waals surface area contributed by atoms with Crippen LogP contribution in [0.2, 0.25) is 0 Å². The minimum Gasteiger partial charge on any atom is -0.286 e. The predicted molar refractivity (Wildman–Crippen MR) is 55.3 cm³/mol. The molecule has 0 unspecified atom stereocenters. The molecular formula is C9H16O3S. The summed E-state index contributed by atoms with van der Waals surface area (Å²) in [5.41, 5.74) is 0. The molecule has 1 rings (SSSR count). The van der Waals surface area contributed by atoms with Crippen LogP contribution in [0.1, 0.15) is 13.8 Å². The summed E-state index contributed by atoms with van der Waals surface area (Å²) in [4.78, 5) is 0. The highest BCUT2D eigenvalue weighted by Crippen LogP contribution is 1.79. The van der Waals surface area contributed by atoms with Gasteiger partial charge in [-0.2, -0.15) is 8.42 Å². The highest BCUT2D eigenvalue weighted by molar-refractivity contribution is 7.85. The van der Waals surface area contributed by atoms with Crippen molar-refractivity contribution in [2.24, 2.45) is 0 Å². The van der Waals surface area contributed by atoms with Crippen LogP contribution in [0.3, 0.4) is 0 Å². The number of benzene rings is 1. The van der Waals surface area contributed by atoms with E-state index in [1.54, 1.807) is 0 Å². The molecule has 0 saturated carbocycles. The molecule has 0 radical (unpaired) electrons. The maximum Gasteiger partial charge on any atom is 0.261 e. The van der Waals surface area contributed by atoms with Crippen LogP contribution in [0.5, 0.6) is 0 Å². The third kappa shape index (κ3) is 35.3. The van der Waals surface area contributed by atoms with Gasteiger partial charge in [0.15, 0.2) is 0 Å². The van der Waals surface area contributed by atoms with Gasteiger partial charge in [0.05, 0.1) is 6.26 Å². The average Bonchev–Trinajstić information content (AvgIpc) is 2.08. The van der Waals surface area contributed by atoms with Gasteiger partial charge in [-0.15, -0.1) is 0 Å². The Hall–Kier alpha value is -0.870. The molecule has 0 amide bonds. The van der Waals surface area contributed by atoms with E-state index in [1.165, 1.54) is 0 Å². The number of hydrogen-bond donors (Lipinski definition) is 1. The molecule has 0 bridgehead atoms. The van der Waals surface area contributed by atoms with Gasteiger partial charge in [0, 0.05) is 0 Å². The van der Waals surface area contributed by atoms with Crippen molar-refractivity contribution in [2.45, 2.75) is 13.8 Å². The summed E-state index contributed by atoms with van der Waals surface area (Å²) in [7, 11) is -3.67. The summed E-state index contributed by atoms with van der Waals surface area (Å²) >= 11 is 0. The molecule has 0 heterocycles. The Kier molecular flexibility index (Phi) is 10.4. The summed E-state index contributed by atoms with van der Waals surface area (Å²) in [6, 6.07) is 12.0. The molecule has 0 aromatic heterocycles.